The van der Waals surface area contributed by atoms with Gasteiger partial charge in [-0.15, -0.1) is 0 Å². The summed E-state index contributed by atoms with van der Waals surface area (Å²) >= 11 is 6.12. The highest BCUT2D eigenvalue weighted by Gasteiger charge is 2.24. The maximum absolute atomic E-state index is 12.4. The molecule has 0 N–H and O–H groups in total. The van der Waals surface area contributed by atoms with Crippen LogP contribution < -0.4 is 9.80 Å². The summed E-state index contributed by atoms with van der Waals surface area (Å²) in [6, 6.07) is 14.6. The second-order valence-electron chi connectivity index (χ2n) is 7.84. The maximum Gasteiger partial charge on any atom is 0.227 e. The van der Waals surface area contributed by atoms with Gasteiger partial charge >= 0.3 is 0 Å². The quantitative estimate of drug-likeness (QED) is 0.758. The molecule has 2 aliphatic rings. The Labute approximate surface area is 172 Å². The van der Waals surface area contributed by atoms with Crippen molar-refractivity contribution in [3.8, 4) is 0 Å². The molecular weight excluding hydrogens is 370 g/mol. The second kappa shape index (κ2) is 8.54. The van der Waals surface area contributed by atoms with E-state index in [4.69, 9.17) is 11.6 Å². The molecule has 0 bridgehead atoms. The Hall–Kier alpha value is -2.04. The van der Waals surface area contributed by atoms with Crippen molar-refractivity contribution in [2.75, 3.05) is 49.1 Å². The number of carbonyl (C=O) groups is 1. The van der Waals surface area contributed by atoms with Gasteiger partial charge in [-0.25, -0.2) is 0 Å². The van der Waals surface area contributed by atoms with Crippen LogP contribution in [0.15, 0.2) is 42.5 Å². The van der Waals surface area contributed by atoms with Crippen LogP contribution in [0.25, 0.3) is 0 Å². The summed E-state index contributed by atoms with van der Waals surface area (Å²) in [5.41, 5.74) is 4.91. The molecule has 4 rings (SSSR count). The van der Waals surface area contributed by atoms with E-state index in [0.29, 0.717) is 6.42 Å². The topological polar surface area (TPSA) is 26.8 Å². The molecule has 2 heterocycles. The van der Waals surface area contributed by atoms with Crippen LogP contribution >= 0.6 is 11.6 Å². The zero-order valence-corrected chi connectivity index (χ0v) is 17.3. The van der Waals surface area contributed by atoms with Crippen molar-refractivity contribution in [3.63, 3.8) is 0 Å². The van der Waals surface area contributed by atoms with Gasteiger partial charge in [0.05, 0.1) is 0 Å². The van der Waals surface area contributed by atoms with Crippen molar-refractivity contribution in [1.29, 1.82) is 0 Å². The monoisotopic (exact) mass is 397 g/mol. The standard InChI is InChI=1S/C23H28ClN3O/c1-18-6-8-22-19(16-18)7-9-23(28)27(22)11-3-10-25-12-14-26(15-13-25)21-5-2-4-20(24)17-21/h2,4-6,8,16-17H,3,7,9-15H2,1H3. The summed E-state index contributed by atoms with van der Waals surface area (Å²) < 4.78 is 0. The van der Waals surface area contributed by atoms with Gasteiger partial charge in [-0.05, 0) is 56.1 Å². The Bertz CT molecular complexity index is 845. The van der Waals surface area contributed by atoms with Gasteiger partial charge < -0.3 is 9.80 Å². The summed E-state index contributed by atoms with van der Waals surface area (Å²) in [4.78, 5) is 19.4. The molecule has 1 fully saturated rings. The fourth-order valence-corrected chi connectivity index (χ4v) is 4.47. The summed E-state index contributed by atoms with van der Waals surface area (Å²) in [5, 5.41) is 0.793. The summed E-state index contributed by atoms with van der Waals surface area (Å²) in [6.07, 6.45) is 2.52. The van der Waals surface area contributed by atoms with E-state index < -0.39 is 0 Å². The molecule has 2 aromatic carbocycles. The fourth-order valence-electron chi connectivity index (χ4n) is 4.29. The molecule has 4 nitrogen and oxygen atoms in total. The number of fused-ring (bicyclic) bond motifs is 1. The lowest BCUT2D eigenvalue weighted by atomic mass is 9.99. The Morgan fingerprint density at radius 2 is 1.79 bits per heavy atom. The van der Waals surface area contributed by atoms with Crippen LogP contribution in [0.4, 0.5) is 11.4 Å². The minimum absolute atomic E-state index is 0.266. The van der Waals surface area contributed by atoms with Crippen LogP contribution in [0, 0.1) is 6.92 Å². The number of benzene rings is 2. The van der Waals surface area contributed by atoms with Gasteiger partial charge in [0.25, 0.3) is 0 Å². The van der Waals surface area contributed by atoms with Crippen LogP contribution in [-0.2, 0) is 11.2 Å². The number of hydrogen-bond acceptors (Lipinski definition) is 3. The van der Waals surface area contributed by atoms with Crippen molar-refractivity contribution in [1.82, 2.24) is 4.90 Å². The third kappa shape index (κ3) is 4.34. The van der Waals surface area contributed by atoms with Crippen LogP contribution in [0.5, 0.6) is 0 Å². The average Bonchev–Trinajstić information content (AvgIpc) is 2.70. The third-order valence-electron chi connectivity index (χ3n) is 5.84. The minimum Gasteiger partial charge on any atom is -0.369 e. The third-order valence-corrected chi connectivity index (χ3v) is 6.07. The maximum atomic E-state index is 12.4. The van der Waals surface area contributed by atoms with E-state index in [-0.39, 0.29) is 5.91 Å². The highest BCUT2D eigenvalue weighted by Crippen LogP contribution is 2.29. The predicted molar refractivity (Wildman–Crippen MR) is 117 cm³/mol. The molecule has 0 atom stereocenters. The number of aryl methyl sites for hydroxylation is 2. The Balaban J connectivity index is 1.28. The Morgan fingerprint density at radius 3 is 2.57 bits per heavy atom. The highest BCUT2D eigenvalue weighted by molar-refractivity contribution is 6.30. The zero-order valence-electron chi connectivity index (χ0n) is 16.5. The number of rotatable bonds is 5. The minimum atomic E-state index is 0.266. The number of anilines is 2. The zero-order chi connectivity index (χ0) is 19.5. The summed E-state index contributed by atoms with van der Waals surface area (Å²) in [6.45, 7) is 8.10. The van der Waals surface area contributed by atoms with E-state index in [2.05, 4.69) is 41.0 Å². The molecule has 0 aromatic heterocycles. The van der Waals surface area contributed by atoms with E-state index in [1.165, 1.54) is 16.8 Å². The molecule has 2 aromatic rings. The second-order valence-corrected chi connectivity index (χ2v) is 8.28. The van der Waals surface area contributed by atoms with Gasteiger partial charge in [0.1, 0.15) is 0 Å². The molecule has 0 saturated carbocycles. The molecule has 0 spiro atoms. The molecule has 148 valence electrons. The predicted octanol–water partition coefficient (Wildman–Crippen LogP) is 4.14. The molecule has 1 amide bonds. The van der Waals surface area contributed by atoms with E-state index in [1.54, 1.807) is 0 Å². The van der Waals surface area contributed by atoms with Crippen molar-refractivity contribution in [2.24, 2.45) is 0 Å². The normalized spacial score (nSPS) is 17.7. The van der Waals surface area contributed by atoms with Gasteiger partial charge in [-0.3, -0.25) is 9.69 Å². The first-order valence-corrected chi connectivity index (χ1v) is 10.6. The van der Waals surface area contributed by atoms with Gasteiger partial charge in [0, 0.05) is 55.5 Å². The lowest BCUT2D eigenvalue weighted by Gasteiger charge is -2.36. The molecule has 0 unspecified atom stereocenters. The van der Waals surface area contributed by atoms with Gasteiger partial charge in [-0.1, -0.05) is 35.4 Å². The van der Waals surface area contributed by atoms with Gasteiger partial charge in [0.15, 0.2) is 0 Å². The van der Waals surface area contributed by atoms with E-state index >= 15 is 0 Å². The number of hydrogen-bond donors (Lipinski definition) is 0. The average molecular weight is 398 g/mol. The van der Waals surface area contributed by atoms with Gasteiger partial charge in [0.2, 0.25) is 5.91 Å². The molecular formula is C23H28ClN3O. The fraction of sp³-hybridized carbons (Fsp3) is 0.435. The van der Waals surface area contributed by atoms with Crippen LogP contribution in [0.3, 0.4) is 0 Å². The van der Waals surface area contributed by atoms with Crippen LogP contribution in [-0.4, -0.2) is 50.1 Å². The van der Waals surface area contributed by atoms with Crippen molar-refractivity contribution >= 4 is 28.9 Å². The van der Waals surface area contributed by atoms with E-state index in [9.17, 15) is 4.79 Å². The molecule has 28 heavy (non-hydrogen) atoms. The molecule has 5 heteroatoms. The Morgan fingerprint density at radius 1 is 0.964 bits per heavy atom. The van der Waals surface area contributed by atoms with Crippen LogP contribution in [0.2, 0.25) is 5.02 Å². The SMILES string of the molecule is Cc1ccc2c(c1)CCC(=O)N2CCCN1CCN(c2cccc(Cl)c2)CC1. The number of amides is 1. The largest absolute Gasteiger partial charge is 0.369 e. The molecule has 1 saturated heterocycles. The number of halogens is 1. The van der Waals surface area contributed by atoms with Crippen molar-refractivity contribution in [3.05, 3.63) is 58.6 Å². The molecule has 0 aliphatic carbocycles. The summed E-state index contributed by atoms with van der Waals surface area (Å²) in [5.74, 6) is 0.266. The lowest BCUT2D eigenvalue weighted by molar-refractivity contribution is -0.118. The number of carbonyl (C=O) groups excluding carboxylic acids is 1. The number of piperazine rings is 1. The number of nitrogens with zero attached hydrogens (tertiary/aromatic N) is 3. The lowest BCUT2D eigenvalue weighted by Crippen LogP contribution is -2.47. The molecule has 2 aliphatic heterocycles. The van der Waals surface area contributed by atoms with Gasteiger partial charge in [-0.2, -0.15) is 0 Å². The first-order chi connectivity index (χ1) is 13.6. The van der Waals surface area contributed by atoms with Crippen molar-refractivity contribution in [2.45, 2.75) is 26.2 Å². The van der Waals surface area contributed by atoms with E-state index in [1.807, 2.05) is 23.1 Å². The molecule has 0 radical (unpaired) electrons. The highest BCUT2D eigenvalue weighted by atomic mass is 35.5. The first kappa shape index (κ1) is 19.3. The first-order valence-electron chi connectivity index (χ1n) is 10.2. The van der Waals surface area contributed by atoms with E-state index in [0.717, 1.165) is 62.8 Å². The van der Waals surface area contributed by atoms with Crippen molar-refractivity contribution < 1.29 is 4.79 Å². The van der Waals surface area contributed by atoms with Crippen LogP contribution in [0.1, 0.15) is 24.0 Å². The summed E-state index contributed by atoms with van der Waals surface area (Å²) in [7, 11) is 0. The smallest absolute Gasteiger partial charge is 0.227 e. The Kier molecular flexibility index (Phi) is 5.88.